The van der Waals surface area contributed by atoms with Crippen LogP contribution in [-0.2, 0) is 6.42 Å². The lowest BCUT2D eigenvalue weighted by atomic mass is 9.84. The number of aliphatic hydroxyl groups is 1. The number of aliphatic hydroxyl groups excluding tert-OH is 1. The highest BCUT2D eigenvalue weighted by Crippen LogP contribution is 2.47. The second-order valence-corrected chi connectivity index (χ2v) is 10.0. The van der Waals surface area contributed by atoms with E-state index in [1.165, 1.54) is 17.2 Å². The van der Waals surface area contributed by atoms with Crippen LogP contribution in [0.2, 0.25) is 0 Å². The second kappa shape index (κ2) is 9.70. The van der Waals surface area contributed by atoms with Crippen molar-refractivity contribution >= 4 is 10.8 Å². The van der Waals surface area contributed by atoms with Gasteiger partial charge >= 0.3 is 0 Å². The van der Waals surface area contributed by atoms with Gasteiger partial charge in [0.1, 0.15) is 22.8 Å². The molecule has 186 valence electrons. The first kappa shape index (κ1) is 24.7. The zero-order chi connectivity index (χ0) is 25.3. The average molecular weight is 478 g/mol. The molecule has 0 fully saturated rings. The summed E-state index contributed by atoms with van der Waals surface area (Å²) in [6.45, 7) is 8.24. The minimum absolute atomic E-state index is 0.0117. The molecule has 0 radical (unpaired) electrons. The van der Waals surface area contributed by atoms with E-state index in [1.807, 2.05) is 6.92 Å². The van der Waals surface area contributed by atoms with Crippen molar-refractivity contribution in [2.24, 2.45) is 0 Å². The first-order chi connectivity index (χ1) is 16.6. The van der Waals surface area contributed by atoms with E-state index in [-0.39, 0.29) is 23.8 Å². The fourth-order valence-corrected chi connectivity index (χ4v) is 4.68. The van der Waals surface area contributed by atoms with E-state index >= 15 is 0 Å². The summed E-state index contributed by atoms with van der Waals surface area (Å²) in [6.07, 6.45) is 9.12. The van der Waals surface area contributed by atoms with E-state index < -0.39 is 11.7 Å². The number of aromatic nitrogens is 1. The van der Waals surface area contributed by atoms with Crippen molar-refractivity contribution in [1.82, 2.24) is 4.57 Å². The van der Waals surface area contributed by atoms with Gasteiger partial charge in [0, 0.05) is 29.3 Å². The summed E-state index contributed by atoms with van der Waals surface area (Å²) in [5, 5.41) is 43.3. The number of hydrogen-bond acceptors (Lipinski definition) is 5. The summed E-state index contributed by atoms with van der Waals surface area (Å²) >= 11 is 0. The largest absolute Gasteiger partial charge is 0.508 e. The van der Waals surface area contributed by atoms with E-state index in [0.29, 0.717) is 34.2 Å². The third-order valence-electron chi connectivity index (χ3n) is 6.92. The zero-order valence-corrected chi connectivity index (χ0v) is 20.9. The Hall–Kier alpha value is -3.38. The molecule has 6 heteroatoms. The van der Waals surface area contributed by atoms with Crippen LogP contribution in [0.1, 0.15) is 58.9 Å². The maximum absolute atomic E-state index is 11.0. The molecule has 3 aromatic rings. The third kappa shape index (κ3) is 5.03. The van der Waals surface area contributed by atoms with Gasteiger partial charge in [0.2, 0.25) is 5.88 Å². The Morgan fingerprint density at radius 1 is 1.06 bits per heavy atom. The highest BCUT2D eigenvalue weighted by atomic mass is 16.5. The standard InChI is InChI=1S/C29H35NO5/c1-18(2)7-5-8-19(3)9-6-14-29(4)26(33)16-23-25(32)15-22-24(27(23)35-29)17-30(28(22)34)20-10-12-21(31)13-11-20/h7,9-13,15,17,26,31-34H,5-6,8,14,16H2,1-4H3. The number of phenolic OH excluding ortho intramolecular Hbond substituents is 2. The van der Waals surface area contributed by atoms with Crippen molar-refractivity contribution in [1.29, 1.82) is 0 Å². The molecule has 0 saturated carbocycles. The molecule has 0 saturated heterocycles. The van der Waals surface area contributed by atoms with Crippen molar-refractivity contribution < 1.29 is 25.2 Å². The first-order valence-corrected chi connectivity index (χ1v) is 12.1. The SMILES string of the molecule is CC(C)=CCCC(C)=CCCC1(C)Oc2c(c(O)cc3c(O)n(-c4ccc(O)cc4)cc23)CC1O. The molecule has 2 aromatic carbocycles. The average Bonchev–Trinajstić information content (AvgIpc) is 3.12. The number of hydrogen-bond donors (Lipinski definition) is 4. The van der Waals surface area contributed by atoms with Crippen LogP contribution < -0.4 is 4.74 Å². The molecular weight excluding hydrogens is 442 g/mol. The summed E-state index contributed by atoms with van der Waals surface area (Å²) in [6, 6.07) is 8.00. The molecule has 4 N–H and O–H groups in total. The van der Waals surface area contributed by atoms with Gasteiger partial charge < -0.3 is 25.2 Å². The lowest BCUT2D eigenvalue weighted by Gasteiger charge is -2.40. The minimum Gasteiger partial charge on any atom is -0.508 e. The summed E-state index contributed by atoms with van der Waals surface area (Å²) < 4.78 is 8.02. The van der Waals surface area contributed by atoms with Crippen LogP contribution in [0.4, 0.5) is 0 Å². The topological polar surface area (TPSA) is 95.1 Å². The van der Waals surface area contributed by atoms with Gasteiger partial charge in [-0.3, -0.25) is 4.57 Å². The molecule has 4 rings (SSSR count). The minimum atomic E-state index is -0.833. The maximum Gasteiger partial charge on any atom is 0.204 e. The predicted molar refractivity (Wildman–Crippen MR) is 139 cm³/mol. The smallest absolute Gasteiger partial charge is 0.204 e. The van der Waals surface area contributed by atoms with Crippen LogP contribution in [0.5, 0.6) is 23.1 Å². The molecule has 6 nitrogen and oxygen atoms in total. The van der Waals surface area contributed by atoms with E-state index in [0.717, 1.165) is 19.3 Å². The van der Waals surface area contributed by atoms with Gasteiger partial charge in [-0.2, -0.15) is 0 Å². The number of fused-ring (bicyclic) bond motifs is 3. The van der Waals surface area contributed by atoms with Crippen LogP contribution in [0.3, 0.4) is 0 Å². The summed E-state index contributed by atoms with van der Waals surface area (Å²) in [7, 11) is 0. The van der Waals surface area contributed by atoms with Crippen molar-refractivity contribution in [3.63, 3.8) is 0 Å². The molecule has 1 aromatic heterocycles. The van der Waals surface area contributed by atoms with Gasteiger partial charge in [-0.1, -0.05) is 23.3 Å². The normalized spacial score (nSPS) is 19.9. The van der Waals surface area contributed by atoms with Crippen molar-refractivity contribution in [3.8, 4) is 28.8 Å². The van der Waals surface area contributed by atoms with Gasteiger partial charge in [0.15, 0.2) is 0 Å². The first-order valence-electron chi connectivity index (χ1n) is 12.1. The van der Waals surface area contributed by atoms with E-state index in [2.05, 4.69) is 32.9 Å². The fraction of sp³-hybridized carbons (Fsp3) is 0.379. The highest BCUT2D eigenvalue weighted by Gasteiger charge is 2.41. The number of allylic oxidation sites excluding steroid dienone is 4. The van der Waals surface area contributed by atoms with Crippen molar-refractivity contribution in [3.05, 3.63) is 65.4 Å². The summed E-state index contributed by atoms with van der Waals surface area (Å²) in [5.41, 5.74) is 3.01. The van der Waals surface area contributed by atoms with Gasteiger partial charge in [-0.15, -0.1) is 0 Å². The molecule has 0 bridgehead atoms. The number of ether oxygens (including phenoxy) is 1. The maximum atomic E-state index is 11.0. The summed E-state index contributed by atoms with van der Waals surface area (Å²) in [5.74, 6) is 0.580. The van der Waals surface area contributed by atoms with Crippen molar-refractivity contribution in [2.45, 2.75) is 71.5 Å². The molecule has 0 spiro atoms. The number of nitrogens with zero attached hydrogens (tertiary/aromatic N) is 1. The van der Waals surface area contributed by atoms with Gasteiger partial charge in [-0.25, -0.2) is 0 Å². The Morgan fingerprint density at radius 2 is 1.77 bits per heavy atom. The molecule has 2 unspecified atom stereocenters. The molecular formula is C29H35NO5. The fourth-order valence-electron chi connectivity index (χ4n) is 4.68. The van der Waals surface area contributed by atoms with Crippen LogP contribution in [0.25, 0.3) is 16.5 Å². The molecule has 1 aliphatic heterocycles. The second-order valence-electron chi connectivity index (χ2n) is 10.0. The van der Waals surface area contributed by atoms with Crippen molar-refractivity contribution in [2.75, 3.05) is 0 Å². The third-order valence-corrected chi connectivity index (χ3v) is 6.92. The molecule has 0 amide bonds. The Labute approximate surface area is 206 Å². The van der Waals surface area contributed by atoms with E-state index in [1.54, 1.807) is 35.0 Å². The Kier molecular flexibility index (Phi) is 6.86. The Balaban J connectivity index is 1.62. The molecule has 2 atom stereocenters. The van der Waals surface area contributed by atoms with Gasteiger partial charge in [0.05, 0.1) is 11.5 Å². The van der Waals surface area contributed by atoms with Gasteiger partial charge in [0.25, 0.3) is 0 Å². The highest BCUT2D eigenvalue weighted by molar-refractivity contribution is 5.96. The summed E-state index contributed by atoms with van der Waals surface area (Å²) in [4.78, 5) is 0. The van der Waals surface area contributed by atoms with Crippen LogP contribution in [0, 0.1) is 0 Å². The number of benzene rings is 2. The lowest BCUT2D eigenvalue weighted by Crippen LogP contribution is -2.48. The van der Waals surface area contributed by atoms with Crippen LogP contribution in [-0.4, -0.2) is 36.7 Å². The molecule has 35 heavy (non-hydrogen) atoms. The van der Waals surface area contributed by atoms with E-state index in [9.17, 15) is 20.4 Å². The Bertz CT molecular complexity index is 1280. The predicted octanol–water partition coefficient (Wildman–Crippen LogP) is 6.27. The lowest BCUT2D eigenvalue weighted by molar-refractivity contribution is -0.0581. The number of phenols is 2. The molecule has 0 aliphatic carbocycles. The molecule has 2 heterocycles. The molecule has 1 aliphatic rings. The quantitative estimate of drug-likeness (QED) is 0.301. The van der Waals surface area contributed by atoms with Crippen LogP contribution in [0.15, 0.2) is 59.8 Å². The van der Waals surface area contributed by atoms with Gasteiger partial charge in [-0.05, 0) is 83.7 Å². The number of rotatable bonds is 7. The zero-order valence-electron chi connectivity index (χ0n) is 20.9. The van der Waals surface area contributed by atoms with E-state index in [4.69, 9.17) is 4.74 Å². The Morgan fingerprint density at radius 3 is 2.46 bits per heavy atom. The monoisotopic (exact) mass is 477 g/mol. The van der Waals surface area contributed by atoms with Crippen LogP contribution >= 0.6 is 0 Å². The number of aromatic hydroxyl groups is 3.